The Bertz CT molecular complexity index is 516. The highest BCUT2D eigenvalue weighted by atomic mass is 32.2. The van der Waals surface area contributed by atoms with Crippen LogP contribution >= 0.6 is 12.2 Å². The minimum absolute atomic E-state index is 0.183. The fourth-order valence-electron chi connectivity index (χ4n) is 1.95. The van der Waals surface area contributed by atoms with Gasteiger partial charge in [0.15, 0.2) is 0 Å². The molecule has 17 heavy (non-hydrogen) atoms. The third-order valence-electron chi connectivity index (χ3n) is 2.77. The molecule has 0 saturated carbocycles. The number of sulfonamides is 1. The van der Waals surface area contributed by atoms with Crippen LogP contribution in [0.15, 0.2) is 29.4 Å². The van der Waals surface area contributed by atoms with Crippen LogP contribution in [0, 0.1) is 0 Å². The van der Waals surface area contributed by atoms with Crippen molar-refractivity contribution in [1.29, 1.82) is 0 Å². The number of thiocarbonyl (C=S) groups is 1. The van der Waals surface area contributed by atoms with Crippen molar-refractivity contribution >= 4 is 27.2 Å². The lowest BCUT2D eigenvalue weighted by molar-refractivity contribution is 0.446. The molecule has 1 aromatic heterocycles. The molecule has 1 atom stereocenters. The fraction of sp³-hybridized carbons (Fsp3) is 0.400. The van der Waals surface area contributed by atoms with Gasteiger partial charge in [0.2, 0.25) is 10.0 Å². The van der Waals surface area contributed by atoms with E-state index in [9.17, 15) is 8.42 Å². The van der Waals surface area contributed by atoms with Gasteiger partial charge in [0.05, 0.1) is 11.0 Å². The summed E-state index contributed by atoms with van der Waals surface area (Å²) < 4.78 is 26.0. The number of nitrogens with zero attached hydrogens (tertiary/aromatic N) is 2. The van der Waals surface area contributed by atoms with Crippen LogP contribution in [0.1, 0.15) is 12.8 Å². The van der Waals surface area contributed by atoms with Crippen molar-refractivity contribution in [3.63, 3.8) is 0 Å². The number of pyridine rings is 1. The maximum atomic E-state index is 12.3. The molecular weight excluding hydrogens is 258 g/mol. The summed E-state index contributed by atoms with van der Waals surface area (Å²) in [5, 5.41) is 0. The van der Waals surface area contributed by atoms with Gasteiger partial charge in [-0.3, -0.25) is 4.98 Å². The first-order valence-electron chi connectivity index (χ1n) is 5.24. The Morgan fingerprint density at radius 2 is 2.35 bits per heavy atom. The number of hydrogen-bond donors (Lipinski definition) is 1. The molecule has 2 heterocycles. The van der Waals surface area contributed by atoms with Crippen molar-refractivity contribution in [2.45, 2.75) is 23.8 Å². The lowest BCUT2D eigenvalue weighted by atomic mass is 10.2. The van der Waals surface area contributed by atoms with Crippen molar-refractivity contribution in [2.24, 2.45) is 5.73 Å². The molecule has 92 valence electrons. The largest absolute Gasteiger partial charge is 0.392 e. The summed E-state index contributed by atoms with van der Waals surface area (Å²) in [6.07, 6.45) is 4.34. The molecule has 1 unspecified atom stereocenters. The molecule has 0 radical (unpaired) electrons. The number of rotatable bonds is 3. The van der Waals surface area contributed by atoms with Gasteiger partial charge in [0.1, 0.15) is 4.90 Å². The number of nitrogens with two attached hydrogens (primary N) is 1. The van der Waals surface area contributed by atoms with Gasteiger partial charge in [-0.05, 0) is 25.0 Å². The van der Waals surface area contributed by atoms with Gasteiger partial charge in [-0.1, -0.05) is 12.2 Å². The van der Waals surface area contributed by atoms with Gasteiger partial charge < -0.3 is 5.73 Å². The first-order chi connectivity index (χ1) is 8.03. The molecule has 0 aromatic carbocycles. The highest BCUT2D eigenvalue weighted by molar-refractivity contribution is 7.89. The summed E-state index contributed by atoms with van der Waals surface area (Å²) in [6, 6.07) is 2.76. The van der Waals surface area contributed by atoms with Gasteiger partial charge in [-0.15, -0.1) is 0 Å². The lowest BCUT2D eigenvalue weighted by Gasteiger charge is -2.22. The van der Waals surface area contributed by atoms with Gasteiger partial charge in [0, 0.05) is 18.9 Å². The molecule has 1 fully saturated rings. The van der Waals surface area contributed by atoms with Crippen LogP contribution in [0.25, 0.3) is 0 Å². The first kappa shape index (κ1) is 12.4. The molecule has 2 rings (SSSR count). The molecule has 1 aromatic rings. The summed E-state index contributed by atoms with van der Waals surface area (Å²) in [5.74, 6) is 0. The zero-order chi connectivity index (χ0) is 12.5. The van der Waals surface area contributed by atoms with E-state index < -0.39 is 10.0 Å². The zero-order valence-corrected chi connectivity index (χ0v) is 10.7. The molecule has 0 bridgehead atoms. The summed E-state index contributed by atoms with van der Waals surface area (Å²) in [4.78, 5) is 4.24. The van der Waals surface area contributed by atoms with E-state index in [-0.39, 0.29) is 15.9 Å². The summed E-state index contributed by atoms with van der Waals surface area (Å²) in [5.41, 5.74) is 5.57. The second-order valence-corrected chi connectivity index (χ2v) is 6.23. The fourth-order valence-corrected chi connectivity index (χ4v) is 3.90. The minimum Gasteiger partial charge on any atom is -0.392 e. The number of aromatic nitrogens is 1. The maximum absolute atomic E-state index is 12.3. The van der Waals surface area contributed by atoms with E-state index in [0.717, 1.165) is 6.42 Å². The van der Waals surface area contributed by atoms with E-state index in [0.29, 0.717) is 13.0 Å². The van der Waals surface area contributed by atoms with Gasteiger partial charge in [-0.25, -0.2) is 8.42 Å². The van der Waals surface area contributed by atoms with Crippen LogP contribution in [-0.4, -0.2) is 35.3 Å². The SMILES string of the molecule is NC(=S)C1CCCN1S(=O)(=O)c1cccnc1. The summed E-state index contributed by atoms with van der Waals surface area (Å²) in [7, 11) is -3.53. The van der Waals surface area contributed by atoms with E-state index >= 15 is 0 Å². The average molecular weight is 271 g/mol. The van der Waals surface area contributed by atoms with Crippen LogP contribution in [0.2, 0.25) is 0 Å². The molecule has 1 saturated heterocycles. The smallest absolute Gasteiger partial charge is 0.245 e. The van der Waals surface area contributed by atoms with E-state index in [2.05, 4.69) is 4.98 Å². The highest BCUT2D eigenvalue weighted by Crippen LogP contribution is 2.25. The standard InChI is InChI=1S/C10H13N3O2S2/c11-10(16)9-4-2-6-13(9)17(14,15)8-3-1-5-12-7-8/h1,3,5,7,9H,2,4,6H2,(H2,11,16). The molecule has 7 heteroatoms. The Morgan fingerprint density at radius 3 is 2.94 bits per heavy atom. The Hall–Kier alpha value is -1.05. The topological polar surface area (TPSA) is 76.3 Å². The Kier molecular flexibility index (Phi) is 3.41. The number of hydrogen-bond acceptors (Lipinski definition) is 4. The van der Waals surface area contributed by atoms with Crippen LogP contribution < -0.4 is 5.73 Å². The predicted octanol–water partition coefficient (Wildman–Crippen LogP) is 0.521. The molecule has 0 amide bonds. The van der Waals surface area contributed by atoms with E-state index in [1.165, 1.54) is 22.8 Å². The molecule has 0 aliphatic carbocycles. The van der Waals surface area contributed by atoms with Crippen LogP contribution in [0.4, 0.5) is 0 Å². The molecule has 5 nitrogen and oxygen atoms in total. The molecule has 2 N–H and O–H groups in total. The molecular formula is C10H13N3O2S2. The first-order valence-corrected chi connectivity index (χ1v) is 7.09. The lowest BCUT2D eigenvalue weighted by Crippen LogP contribution is -2.42. The third kappa shape index (κ3) is 2.31. The quantitative estimate of drug-likeness (QED) is 0.811. The molecule has 0 spiro atoms. The predicted molar refractivity (Wildman–Crippen MR) is 67.9 cm³/mol. The monoisotopic (exact) mass is 271 g/mol. The van der Waals surface area contributed by atoms with Crippen molar-refractivity contribution < 1.29 is 8.42 Å². The van der Waals surface area contributed by atoms with Crippen LogP contribution in [0.3, 0.4) is 0 Å². The van der Waals surface area contributed by atoms with E-state index in [1.54, 1.807) is 6.07 Å². The van der Waals surface area contributed by atoms with Crippen molar-refractivity contribution in [1.82, 2.24) is 9.29 Å². The van der Waals surface area contributed by atoms with Gasteiger partial charge in [0.25, 0.3) is 0 Å². The summed E-state index contributed by atoms with van der Waals surface area (Å²) >= 11 is 4.91. The second kappa shape index (κ2) is 4.67. The Balaban J connectivity index is 2.37. The summed E-state index contributed by atoms with van der Waals surface area (Å²) in [6.45, 7) is 0.458. The molecule has 1 aliphatic rings. The Morgan fingerprint density at radius 1 is 1.59 bits per heavy atom. The van der Waals surface area contributed by atoms with Gasteiger partial charge in [-0.2, -0.15) is 4.31 Å². The zero-order valence-electron chi connectivity index (χ0n) is 9.11. The molecule has 1 aliphatic heterocycles. The van der Waals surface area contributed by atoms with Crippen molar-refractivity contribution in [2.75, 3.05) is 6.54 Å². The third-order valence-corrected chi connectivity index (χ3v) is 4.94. The van der Waals surface area contributed by atoms with Crippen molar-refractivity contribution in [3.05, 3.63) is 24.5 Å². The average Bonchev–Trinajstić information content (AvgIpc) is 2.80. The van der Waals surface area contributed by atoms with Gasteiger partial charge >= 0.3 is 0 Å². The van der Waals surface area contributed by atoms with E-state index in [1.807, 2.05) is 0 Å². The minimum atomic E-state index is -3.53. The van der Waals surface area contributed by atoms with E-state index in [4.69, 9.17) is 18.0 Å². The Labute approximate surface area is 106 Å². The maximum Gasteiger partial charge on any atom is 0.245 e. The van der Waals surface area contributed by atoms with Crippen LogP contribution in [0.5, 0.6) is 0 Å². The van der Waals surface area contributed by atoms with Crippen molar-refractivity contribution in [3.8, 4) is 0 Å². The second-order valence-electron chi connectivity index (χ2n) is 3.86. The highest BCUT2D eigenvalue weighted by Gasteiger charge is 2.36. The normalized spacial score (nSPS) is 21.5. The van der Waals surface area contributed by atoms with Crippen LogP contribution in [-0.2, 0) is 10.0 Å².